The monoisotopic (exact) mass is 409 g/mol. The number of carbonyl (C=O) groups excluding carboxylic acids is 2. The number of hydrogen-bond donors (Lipinski definition) is 0. The van der Waals surface area contributed by atoms with E-state index in [1.54, 1.807) is 13.8 Å². The van der Waals surface area contributed by atoms with Crippen LogP contribution in [-0.4, -0.2) is 67.7 Å². The molecule has 2 fully saturated rings. The minimum atomic E-state index is -1.09. The highest BCUT2D eigenvalue weighted by molar-refractivity contribution is 5.77. The molecule has 0 N–H and O–H groups in total. The number of hydrogen-bond acceptors (Lipinski definition) is 9. The molecule has 2 aliphatic rings. The summed E-state index contributed by atoms with van der Waals surface area (Å²) in [5.41, 5.74) is 0.837. The first kappa shape index (κ1) is 21.7. The fraction of sp³-hybridized carbons (Fsp3) is 0.600. The number of hydroxylamine groups is 2. The van der Waals surface area contributed by atoms with E-state index in [2.05, 4.69) is 0 Å². The average molecular weight is 409 g/mol. The predicted molar refractivity (Wildman–Crippen MR) is 99.1 cm³/mol. The van der Waals surface area contributed by atoms with Crippen LogP contribution in [0.5, 0.6) is 0 Å². The number of nitrogens with zero attached hydrogens (tertiary/aromatic N) is 1. The van der Waals surface area contributed by atoms with Crippen molar-refractivity contribution in [3.63, 3.8) is 0 Å². The normalized spacial score (nSPS) is 28.8. The van der Waals surface area contributed by atoms with Crippen molar-refractivity contribution in [2.24, 2.45) is 0 Å². The van der Waals surface area contributed by atoms with Gasteiger partial charge >= 0.3 is 11.9 Å². The van der Waals surface area contributed by atoms with Gasteiger partial charge < -0.3 is 28.5 Å². The van der Waals surface area contributed by atoms with Gasteiger partial charge in [0.2, 0.25) is 0 Å². The fourth-order valence-electron chi connectivity index (χ4n) is 3.69. The van der Waals surface area contributed by atoms with E-state index in [9.17, 15) is 9.59 Å². The summed E-state index contributed by atoms with van der Waals surface area (Å²) in [7, 11) is 2.75. The standard InChI is InChI=1S/C20H27NO8/c1-12(22)29-21(11-13-9-7-6-8-10-13)14(18(23)24-4)15-16-17(19(25-5)26-15)28-20(2,3)27-16/h6-10,14-17,19H,11H2,1-5H3/t14-,15+,16-,17-,19-/m0/s1. The summed E-state index contributed by atoms with van der Waals surface area (Å²) in [6, 6.07) is 8.21. The van der Waals surface area contributed by atoms with Gasteiger partial charge in [0, 0.05) is 14.0 Å². The Kier molecular flexibility index (Phi) is 6.55. The van der Waals surface area contributed by atoms with Gasteiger partial charge in [0.1, 0.15) is 18.3 Å². The molecule has 0 amide bonds. The Morgan fingerprint density at radius 2 is 1.79 bits per heavy atom. The SMILES string of the molecule is COC(=O)[C@H]([C@H]1O[C@H](OC)[C@H]2OC(C)(C)O[C@H]21)N(Cc1ccccc1)OC(C)=O. The number of fused-ring (bicyclic) bond motifs is 1. The Labute approximate surface area is 169 Å². The summed E-state index contributed by atoms with van der Waals surface area (Å²) in [5.74, 6) is -2.08. The van der Waals surface area contributed by atoms with Crippen LogP contribution in [0, 0.1) is 0 Å². The van der Waals surface area contributed by atoms with Gasteiger partial charge in [-0.05, 0) is 19.4 Å². The van der Waals surface area contributed by atoms with Gasteiger partial charge in [0.05, 0.1) is 13.7 Å². The van der Waals surface area contributed by atoms with Gasteiger partial charge in [0.25, 0.3) is 0 Å². The minimum Gasteiger partial charge on any atom is -0.468 e. The van der Waals surface area contributed by atoms with E-state index in [1.807, 2.05) is 30.3 Å². The topological polar surface area (TPSA) is 92.8 Å². The molecule has 0 aromatic heterocycles. The molecule has 5 atom stereocenters. The van der Waals surface area contributed by atoms with E-state index in [-0.39, 0.29) is 6.54 Å². The Balaban J connectivity index is 1.94. The Bertz CT molecular complexity index is 724. The number of methoxy groups -OCH3 is 2. The van der Waals surface area contributed by atoms with E-state index in [4.69, 9.17) is 28.5 Å². The lowest BCUT2D eigenvalue weighted by Gasteiger charge is -2.33. The fourth-order valence-corrected chi connectivity index (χ4v) is 3.69. The van der Waals surface area contributed by atoms with Crippen molar-refractivity contribution in [3.05, 3.63) is 35.9 Å². The smallest absolute Gasteiger partial charge is 0.329 e. The minimum absolute atomic E-state index is 0.152. The molecule has 9 nitrogen and oxygen atoms in total. The summed E-state index contributed by atoms with van der Waals surface area (Å²) in [4.78, 5) is 30.0. The third-order valence-electron chi connectivity index (χ3n) is 4.77. The second kappa shape index (κ2) is 8.76. The molecule has 0 bridgehead atoms. The third-order valence-corrected chi connectivity index (χ3v) is 4.77. The molecule has 9 heteroatoms. The molecule has 0 aliphatic carbocycles. The molecule has 2 aliphatic heterocycles. The van der Waals surface area contributed by atoms with Crippen molar-refractivity contribution >= 4 is 11.9 Å². The second-order valence-corrected chi connectivity index (χ2v) is 7.38. The van der Waals surface area contributed by atoms with Gasteiger partial charge in [-0.2, -0.15) is 0 Å². The van der Waals surface area contributed by atoms with Crippen LogP contribution in [0.15, 0.2) is 30.3 Å². The molecule has 2 saturated heterocycles. The first-order valence-electron chi connectivity index (χ1n) is 9.36. The number of benzene rings is 1. The summed E-state index contributed by atoms with van der Waals surface area (Å²) in [6.07, 6.45) is -2.74. The van der Waals surface area contributed by atoms with E-state index >= 15 is 0 Å². The highest BCUT2D eigenvalue weighted by Crippen LogP contribution is 2.41. The van der Waals surface area contributed by atoms with Gasteiger partial charge in [-0.3, -0.25) is 9.59 Å². The van der Waals surface area contributed by atoms with Crippen LogP contribution in [0.1, 0.15) is 26.3 Å². The molecular weight excluding hydrogens is 382 g/mol. The third kappa shape index (κ3) is 4.76. The number of rotatable bonds is 7. The molecule has 0 radical (unpaired) electrons. The second-order valence-electron chi connectivity index (χ2n) is 7.38. The number of ether oxygens (including phenoxy) is 5. The van der Waals surface area contributed by atoms with Crippen LogP contribution in [0.4, 0.5) is 0 Å². The lowest BCUT2D eigenvalue weighted by molar-refractivity contribution is -0.256. The highest BCUT2D eigenvalue weighted by atomic mass is 16.8. The molecule has 0 unspecified atom stereocenters. The molecular formula is C20H27NO8. The lowest BCUT2D eigenvalue weighted by Crippen LogP contribution is -2.54. The maximum atomic E-state index is 12.8. The largest absolute Gasteiger partial charge is 0.468 e. The van der Waals surface area contributed by atoms with E-state index < -0.39 is 48.4 Å². The van der Waals surface area contributed by atoms with Gasteiger partial charge in [-0.25, -0.2) is 0 Å². The predicted octanol–water partition coefficient (Wildman–Crippen LogP) is 1.40. The summed E-state index contributed by atoms with van der Waals surface area (Å²) in [5, 5.41) is 1.26. The van der Waals surface area contributed by atoms with Crippen molar-refractivity contribution in [3.8, 4) is 0 Å². The zero-order valence-electron chi connectivity index (χ0n) is 17.2. The van der Waals surface area contributed by atoms with Crippen LogP contribution >= 0.6 is 0 Å². The molecule has 2 heterocycles. The van der Waals surface area contributed by atoms with Crippen LogP contribution in [0.25, 0.3) is 0 Å². The maximum absolute atomic E-state index is 12.8. The number of esters is 1. The van der Waals surface area contributed by atoms with Crippen molar-refractivity contribution < 1.29 is 38.1 Å². The van der Waals surface area contributed by atoms with Crippen molar-refractivity contribution in [1.29, 1.82) is 0 Å². The van der Waals surface area contributed by atoms with Crippen LogP contribution in [0.2, 0.25) is 0 Å². The Morgan fingerprint density at radius 3 is 2.38 bits per heavy atom. The highest BCUT2D eigenvalue weighted by Gasteiger charge is 2.60. The van der Waals surface area contributed by atoms with Crippen LogP contribution < -0.4 is 0 Å². The zero-order chi connectivity index (χ0) is 21.2. The van der Waals surface area contributed by atoms with Gasteiger partial charge in [-0.15, -0.1) is 5.06 Å². The molecule has 0 spiro atoms. The molecule has 1 aromatic carbocycles. The van der Waals surface area contributed by atoms with E-state index in [0.717, 1.165) is 5.56 Å². The van der Waals surface area contributed by atoms with Crippen molar-refractivity contribution in [2.75, 3.05) is 14.2 Å². The molecule has 3 rings (SSSR count). The van der Waals surface area contributed by atoms with Gasteiger partial charge in [0.15, 0.2) is 18.1 Å². The van der Waals surface area contributed by atoms with Crippen LogP contribution in [0.3, 0.4) is 0 Å². The first-order chi connectivity index (χ1) is 13.8. The lowest BCUT2D eigenvalue weighted by atomic mass is 10.0. The molecule has 0 saturated carbocycles. The molecule has 160 valence electrons. The average Bonchev–Trinajstić information content (AvgIpc) is 3.15. The van der Waals surface area contributed by atoms with E-state index in [0.29, 0.717) is 0 Å². The summed E-state index contributed by atoms with van der Waals surface area (Å²) >= 11 is 0. The molecule has 29 heavy (non-hydrogen) atoms. The summed E-state index contributed by atoms with van der Waals surface area (Å²) < 4.78 is 28.2. The zero-order valence-corrected chi connectivity index (χ0v) is 17.2. The van der Waals surface area contributed by atoms with Gasteiger partial charge in [-0.1, -0.05) is 30.3 Å². The van der Waals surface area contributed by atoms with Crippen molar-refractivity contribution in [2.45, 2.75) is 63.7 Å². The van der Waals surface area contributed by atoms with E-state index in [1.165, 1.54) is 26.2 Å². The first-order valence-corrected chi connectivity index (χ1v) is 9.36. The van der Waals surface area contributed by atoms with Crippen LogP contribution in [-0.2, 0) is 44.7 Å². The maximum Gasteiger partial charge on any atom is 0.329 e. The Morgan fingerprint density at radius 1 is 1.14 bits per heavy atom. The Hall–Kier alpha value is -2.04. The number of carbonyl (C=O) groups is 2. The van der Waals surface area contributed by atoms with Crippen molar-refractivity contribution in [1.82, 2.24) is 5.06 Å². The summed E-state index contributed by atoms with van der Waals surface area (Å²) in [6.45, 7) is 4.96. The quantitative estimate of drug-likeness (QED) is 0.489. The molecule has 1 aromatic rings.